The van der Waals surface area contributed by atoms with Crippen LogP contribution in [0.2, 0.25) is 5.02 Å². The second-order valence-corrected chi connectivity index (χ2v) is 8.55. The van der Waals surface area contributed by atoms with Gasteiger partial charge in [0.25, 0.3) is 0 Å². The zero-order valence-corrected chi connectivity index (χ0v) is 16.0. The third kappa shape index (κ3) is 3.26. The third-order valence-electron chi connectivity index (χ3n) is 4.33. The van der Waals surface area contributed by atoms with Gasteiger partial charge in [-0.25, -0.2) is 13.4 Å². The van der Waals surface area contributed by atoms with E-state index in [1.807, 2.05) is 0 Å². The van der Waals surface area contributed by atoms with E-state index in [1.54, 1.807) is 30.3 Å². The molecule has 0 saturated carbocycles. The van der Waals surface area contributed by atoms with E-state index in [9.17, 15) is 13.2 Å². The number of imidazole rings is 1. The molecule has 140 valence electrons. The molecule has 6 nitrogen and oxygen atoms in total. The predicted molar refractivity (Wildman–Crippen MR) is 107 cm³/mol. The molecule has 1 aromatic heterocycles. The first-order valence-electron chi connectivity index (χ1n) is 8.25. The Morgan fingerprint density at radius 3 is 2.14 bits per heavy atom. The van der Waals surface area contributed by atoms with Crippen LogP contribution >= 0.6 is 11.6 Å². The largest absolute Gasteiger partial charge is 0.366 e. The number of rotatable bonds is 4. The summed E-state index contributed by atoms with van der Waals surface area (Å²) in [6.07, 6.45) is 0. The van der Waals surface area contributed by atoms with Crippen molar-refractivity contribution in [2.75, 3.05) is 0 Å². The number of amides is 1. The molecule has 4 rings (SSSR count). The SMILES string of the molecule is NC(=O)c1ccc2[nH]c(-c3ccc(S(=O)(=O)c4ccc(Cl)cc4)cc3)nc2c1. The molecular weight excluding hydrogens is 398 g/mol. The first-order valence-corrected chi connectivity index (χ1v) is 10.1. The lowest BCUT2D eigenvalue weighted by atomic mass is 10.2. The highest BCUT2D eigenvalue weighted by atomic mass is 35.5. The quantitative estimate of drug-likeness (QED) is 0.532. The van der Waals surface area contributed by atoms with Gasteiger partial charge >= 0.3 is 0 Å². The van der Waals surface area contributed by atoms with Gasteiger partial charge in [0.1, 0.15) is 5.82 Å². The molecule has 1 heterocycles. The van der Waals surface area contributed by atoms with Gasteiger partial charge < -0.3 is 10.7 Å². The molecule has 28 heavy (non-hydrogen) atoms. The van der Waals surface area contributed by atoms with E-state index in [1.165, 1.54) is 36.4 Å². The number of hydrogen-bond acceptors (Lipinski definition) is 4. The van der Waals surface area contributed by atoms with Crippen molar-refractivity contribution in [1.29, 1.82) is 0 Å². The molecule has 0 saturated heterocycles. The third-order valence-corrected chi connectivity index (χ3v) is 6.37. The minimum absolute atomic E-state index is 0.172. The number of nitrogens with two attached hydrogens (primary N) is 1. The van der Waals surface area contributed by atoms with Crippen LogP contribution in [0.25, 0.3) is 22.4 Å². The Balaban J connectivity index is 1.69. The summed E-state index contributed by atoms with van der Waals surface area (Å²) in [5, 5.41) is 0.471. The number of halogens is 1. The first-order chi connectivity index (χ1) is 13.3. The van der Waals surface area contributed by atoms with Crippen LogP contribution in [0.4, 0.5) is 0 Å². The number of H-pyrrole nitrogens is 1. The van der Waals surface area contributed by atoms with E-state index < -0.39 is 15.7 Å². The molecule has 4 aromatic rings. The van der Waals surface area contributed by atoms with Crippen LogP contribution in [-0.4, -0.2) is 24.3 Å². The Bertz CT molecular complexity index is 1300. The van der Waals surface area contributed by atoms with E-state index >= 15 is 0 Å². The summed E-state index contributed by atoms with van der Waals surface area (Å²) in [4.78, 5) is 19.3. The zero-order chi connectivity index (χ0) is 19.9. The molecule has 0 atom stereocenters. The molecule has 8 heteroatoms. The number of hydrogen-bond donors (Lipinski definition) is 2. The number of aromatic amines is 1. The maximum absolute atomic E-state index is 12.7. The molecule has 0 bridgehead atoms. The summed E-state index contributed by atoms with van der Waals surface area (Å²) in [6.45, 7) is 0. The number of nitrogens with zero attached hydrogens (tertiary/aromatic N) is 1. The van der Waals surface area contributed by atoms with Crippen LogP contribution in [0.15, 0.2) is 76.5 Å². The number of nitrogens with one attached hydrogen (secondary N) is 1. The molecule has 0 unspecified atom stereocenters. The van der Waals surface area contributed by atoms with Gasteiger partial charge in [0.2, 0.25) is 15.7 Å². The van der Waals surface area contributed by atoms with Crippen molar-refractivity contribution in [3.8, 4) is 11.4 Å². The van der Waals surface area contributed by atoms with Gasteiger partial charge in [-0.05, 0) is 66.7 Å². The normalized spacial score (nSPS) is 11.6. The van der Waals surface area contributed by atoms with Gasteiger partial charge in [-0.2, -0.15) is 0 Å². The van der Waals surface area contributed by atoms with E-state index in [-0.39, 0.29) is 9.79 Å². The van der Waals surface area contributed by atoms with Gasteiger partial charge in [0, 0.05) is 16.1 Å². The zero-order valence-electron chi connectivity index (χ0n) is 14.4. The lowest BCUT2D eigenvalue weighted by molar-refractivity contribution is 0.100. The van der Waals surface area contributed by atoms with Crippen molar-refractivity contribution in [2.45, 2.75) is 9.79 Å². The van der Waals surface area contributed by atoms with Crippen molar-refractivity contribution < 1.29 is 13.2 Å². The number of sulfone groups is 1. The number of aromatic nitrogens is 2. The summed E-state index contributed by atoms with van der Waals surface area (Å²) >= 11 is 5.83. The molecule has 3 N–H and O–H groups in total. The van der Waals surface area contributed by atoms with Gasteiger partial charge in [-0.3, -0.25) is 4.79 Å². The maximum Gasteiger partial charge on any atom is 0.248 e. The van der Waals surface area contributed by atoms with E-state index in [4.69, 9.17) is 17.3 Å². The molecule has 0 aliphatic heterocycles. The Morgan fingerprint density at radius 1 is 0.929 bits per heavy atom. The molecule has 0 aliphatic carbocycles. The molecular formula is C20H14ClN3O3S. The lowest BCUT2D eigenvalue weighted by Gasteiger charge is -2.05. The summed E-state index contributed by atoms with van der Waals surface area (Å²) < 4.78 is 25.4. The van der Waals surface area contributed by atoms with Crippen molar-refractivity contribution in [2.24, 2.45) is 5.73 Å². The number of fused-ring (bicyclic) bond motifs is 1. The van der Waals surface area contributed by atoms with Gasteiger partial charge in [-0.15, -0.1) is 0 Å². The standard InChI is InChI=1S/C20H14ClN3O3S/c21-14-4-8-16(9-5-14)28(26,27)15-6-1-12(2-7-15)20-23-17-10-3-13(19(22)25)11-18(17)24-20/h1-11H,(H2,22,25)(H,23,24). The topological polar surface area (TPSA) is 106 Å². The minimum atomic E-state index is -3.64. The van der Waals surface area contributed by atoms with Gasteiger partial charge in [0.15, 0.2) is 0 Å². The van der Waals surface area contributed by atoms with Crippen LogP contribution in [0, 0.1) is 0 Å². The fourth-order valence-corrected chi connectivity index (χ4v) is 4.22. The maximum atomic E-state index is 12.7. The molecule has 3 aromatic carbocycles. The number of carbonyl (C=O) groups excluding carboxylic acids is 1. The second-order valence-electron chi connectivity index (χ2n) is 6.16. The van der Waals surface area contributed by atoms with E-state index in [0.717, 1.165) is 5.52 Å². The van der Waals surface area contributed by atoms with Crippen LogP contribution in [-0.2, 0) is 9.84 Å². The van der Waals surface area contributed by atoms with E-state index in [0.29, 0.717) is 27.5 Å². The average molecular weight is 412 g/mol. The van der Waals surface area contributed by atoms with Gasteiger partial charge in [-0.1, -0.05) is 11.6 Å². The molecule has 0 aliphatic rings. The number of primary amides is 1. The number of carbonyl (C=O) groups is 1. The fourth-order valence-electron chi connectivity index (χ4n) is 2.84. The van der Waals surface area contributed by atoms with Crippen LogP contribution < -0.4 is 5.73 Å². The lowest BCUT2D eigenvalue weighted by Crippen LogP contribution is -2.10. The average Bonchev–Trinajstić information content (AvgIpc) is 3.11. The Kier molecular flexibility index (Phi) is 4.41. The highest BCUT2D eigenvalue weighted by Crippen LogP contribution is 2.26. The van der Waals surface area contributed by atoms with Crippen molar-refractivity contribution >= 4 is 38.4 Å². The summed E-state index contributed by atoms with van der Waals surface area (Å²) in [6, 6.07) is 17.4. The highest BCUT2D eigenvalue weighted by Gasteiger charge is 2.18. The Morgan fingerprint density at radius 2 is 1.54 bits per heavy atom. The van der Waals surface area contributed by atoms with Crippen LogP contribution in [0.3, 0.4) is 0 Å². The van der Waals surface area contributed by atoms with Crippen molar-refractivity contribution in [1.82, 2.24) is 9.97 Å². The highest BCUT2D eigenvalue weighted by molar-refractivity contribution is 7.91. The summed E-state index contributed by atoms with van der Waals surface area (Å²) in [5.41, 5.74) is 7.73. The molecule has 0 fully saturated rings. The fraction of sp³-hybridized carbons (Fsp3) is 0. The molecule has 0 spiro atoms. The first kappa shape index (κ1) is 18.2. The molecule has 1 amide bonds. The summed E-state index contributed by atoms with van der Waals surface area (Å²) in [7, 11) is -3.64. The minimum Gasteiger partial charge on any atom is -0.366 e. The van der Waals surface area contributed by atoms with E-state index in [2.05, 4.69) is 9.97 Å². The van der Waals surface area contributed by atoms with Crippen LogP contribution in [0.1, 0.15) is 10.4 Å². The Labute approximate surface area is 165 Å². The monoisotopic (exact) mass is 411 g/mol. The molecule has 0 radical (unpaired) electrons. The van der Waals surface area contributed by atoms with Crippen molar-refractivity contribution in [3.63, 3.8) is 0 Å². The van der Waals surface area contributed by atoms with Crippen molar-refractivity contribution in [3.05, 3.63) is 77.3 Å². The van der Waals surface area contributed by atoms with Crippen LogP contribution in [0.5, 0.6) is 0 Å². The summed E-state index contributed by atoms with van der Waals surface area (Å²) in [5.74, 6) is 0.0373. The second kappa shape index (κ2) is 6.78. The van der Waals surface area contributed by atoms with Gasteiger partial charge in [0.05, 0.1) is 20.8 Å². The smallest absolute Gasteiger partial charge is 0.248 e. The predicted octanol–water partition coefficient (Wildman–Crippen LogP) is 3.82. The Hall–Kier alpha value is -3.16. The number of benzene rings is 3.